The van der Waals surface area contributed by atoms with Gasteiger partial charge in [0.1, 0.15) is 0 Å². The van der Waals surface area contributed by atoms with Crippen LogP contribution >= 0.6 is 0 Å². The molecule has 1 nitrogen and oxygen atoms in total. The van der Waals surface area contributed by atoms with E-state index in [9.17, 15) is 0 Å². The quantitative estimate of drug-likeness (QED) is 0.636. The summed E-state index contributed by atoms with van der Waals surface area (Å²) in [4.78, 5) is 0. The predicted molar refractivity (Wildman–Crippen MR) is 20.8 cm³/mol. The first-order valence-electron chi connectivity index (χ1n) is 0.316. The average molecular weight is 241 g/mol. The fraction of sp³-hybridized carbons (Fsp3) is 0.667. The largest absolute Gasteiger partial charge is 0.569 e. The monoisotopic (exact) mass is 241 g/mol. The van der Waals surface area contributed by atoms with E-state index in [1.807, 2.05) is 0 Å². The van der Waals surface area contributed by atoms with Gasteiger partial charge in [-0.1, -0.05) is 14.9 Å². The summed E-state index contributed by atoms with van der Waals surface area (Å²) in [7, 11) is 2.25. The van der Waals surface area contributed by atoms with Crippen molar-refractivity contribution in [3.8, 4) is 0 Å². The molecule has 0 fully saturated rings. The molecular formula is C3H11OY2-. The molecule has 0 saturated carbocycles. The summed E-state index contributed by atoms with van der Waals surface area (Å²) in [5, 5.41) is 6.75. The minimum Gasteiger partial charge on any atom is -0.569 e. The Bertz CT molecular complexity index is 8.75. The Morgan fingerprint density at radius 2 is 0.833 bits per heavy atom. The van der Waals surface area contributed by atoms with Crippen LogP contribution in [0.2, 0.25) is 0 Å². The predicted octanol–water partition coefficient (Wildman–Crippen LogP) is 1.42. The molecule has 0 rings (SSSR count). The van der Waals surface area contributed by atoms with Crippen molar-refractivity contribution in [2.75, 3.05) is 0 Å². The summed E-state index contributed by atoms with van der Waals surface area (Å²) in [5.74, 6) is 0. The van der Waals surface area contributed by atoms with Crippen molar-refractivity contribution in [2.24, 2.45) is 0 Å². The number of hydrogen-bond donors (Lipinski definition) is 1. The Balaban J connectivity index is -0.000000000833. The third-order valence-electron chi connectivity index (χ3n) is 0. The molecule has 0 amide bonds. The molecule has 0 aliphatic carbocycles. The second kappa shape index (κ2) is 58.0. The Kier molecular flexibility index (Phi) is 404. The minimum absolute atomic E-state index is 0. The molecule has 0 unspecified atom stereocenters. The molecule has 0 aliphatic rings. The molecule has 0 aromatic carbocycles. The van der Waals surface area contributed by atoms with Crippen molar-refractivity contribution >= 4 is 0 Å². The van der Waals surface area contributed by atoms with Crippen LogP contribution in [0.15, 0.2) is 0 Å². The Morgan fingerprint density at radius 3 is 0.833 bits per heavy atom. The molecule has 3 heteroatoms. The van der Waals surface area contributed by atoms with Crippen molar-refractivity contribution in [1.29, 1.82) is 0 Å². The van der Waals surface area contributed by atoms with Crippen LogP contribution in [0.25, 0.3) is 0 Å². The Morgan fingerprint density at radius 1 is 0.833 bits per heavy atom. The first-order chi connectivity index (χ1) is 1.00. The maximum absolute atomic E-state index is 6.75. The number of hydrogen-bond acceptors (Lipinski definition) is 1. The van der Waals surface area contributed by atoms with Gasteiger partial charge in [-0.3, -0.25) is 0 Å². The zero-order valence-electron chi connectivity index (χ0n) is 2.31. The minimum atomic E-state index is 0. The number of rotatable bonds is 0. The molecule has 2 radical (unpaired) electrons. The van der Waals surface area contributed by atoms with Gasteiger partial charge in [0.15, 0.2) is 0 Å². The molecule has 0 bridgehead atoms. The number of aliphatic hydroxyl groups is 1. The molecule has 36 valence electrons. The molecule has 6 heavy (non-hydrogen) atoms. The Labute approximate surface area is 91.0 Å². The first kappa shape index (κ1) is 41.8. The molecule has 0 aromatic heterocycles. The SMILES string of the molecule is C.C.[CH2-]O.[Y].[Y]. The van der Waals surface area contributed by atoms with Gasteiger partial charge in [0.05, 0.1) is 0 Å². The van der Waals surface area contributed by atoms with Crippen molar-refractivity contribution in [1.82, 2.24) is 0 Å². The second-order valence-corrected chi connectivity index (χ2v) is 0. The van der Waals surface area contributed by atoms with E-state index in [0.717, 1.165) is 0 Å². The van der Waals surface area contributed by atoms with Gasteiger partial charge in [-0.25, -0.2) is 7.11 Å². The van der Waals surface area contributed by atoms with Gasteiger partial charge in [0.2, 0.25) is 0 Å². The summed E-state index contributed by atoms with van der Waals surface area (Å²) in [6.45, 7) is 0. The maximum atomic E-state index is 6.75. The van der Waals surface area contributed by atoms with E-state index in [-0.39, 0.29) is 80.3 Å². The van der Waals surface area contributed by atoms with Gasteiger partial charge in [-0.2, -0.15) is 0 Å². The van der Waals surface area contributed by atoms with E-state index in [2.05, 4.69) is 7.11 Å². The van der Waals surface area contributed by atoms with Gasteiger partial charge in [0.25, 0.3) is 0 Å². The number of aliphatic hydroxyl groups excluding tert-OH is 1. The van der Waals surface area contributed by atoms with E-state index in [1.54, 1.807) is 0 Å². The average Bonchev–Trinajstić information content (AvgIpc) is 1.00. The smallest absolute Gasteiger partial charge is 0 e. The topological polar surface area (TPSA) is 20.2 Å². The summed E-state index contributed by atoms with van der Waals surface area (Å²) >= 11 is 0. The molecule has 0 aliphatic heterocycles. The van der Waals surface area contributed by atoms with E-state index >= 15 is 0 Å². The third-order valence-corrected chi connectivity index (χ3v) is 0. The van der Waals surface area contributed by atoms with E-state index in [1.165, 1.54) is 0 Å². The van der Waals surface area contributed by atoms with Gasteiger partial charge >= 0.3 is 0 Å². The van der Waals surface area contributed by atoms with Crippen LogP contribution in [-0.4, -0.2) is 5.11 Å². The Hall–Kier alpha value is 2.17. The summed E-state index contributed by atoms with van der Waals surface area (Å²) in [5.41, 5.74) is 0. The van der Waals surface area contributed by atoms with E-state index < -0.39 is 0 Å². The molecule has 0 aromatic rings. The van der Waals surface area contributed by atoms with Crippen molar-refractivity contribution in [3.05, 3.63) is 7.11 Å². The van der Waals surface area contributed by atoms with Crippen LogP contribution in [-0.2, 0) is 65.4 Å². The molecule has 0 atom stereocenters. The molecule has 1 N–H and O–H groups in total. The zero-order chi connectivity index (χ0) is 2.00. The standard InChI is InChI=1S/CH3O.2CH4.2Y/c1-2;;;;/h2H,1H2;2*1H4;;/q-1;;;;. The summed E-state index contributed by atoms with van der Waals surface area (Å²) in [6.07, 6.45) is 0. The van der Waals surface area contributed by atoms with Crippen LogP contribution in [0, 0.1) is 7.11 Å². The maximum Gasteiger partial charge on any atom is 0 e. The van der Waals surface area contributed by atoms with Gasteiger partial charge in [-0.05, 0) is 0 Å². The zero-order valence-corrected chi connectivity index (χ0v) is 7.99. The van der Waals surface area contributed by atoms with Crippen LogP contribution in [0.5, 0.6) is 0 Å². The molecular weight excluding hydrogens is 230 g/mol. The van der Waals surface area contributed by atoms with E-state index in [0.29, 0.717) is 0 Å². The summed E-state index contributed by atoms with van der Waals surface area (Å²) < 4.78 is 0. The van der Waals surface area contributed by atoms with Gasteiger partial charge in [-0.15, -0.1) is 0 Å². The summed E-state index contributed by atoms with van der Waals surface area (Å²) in [6, 6.07) is 0. The van der Waals surface area contributed by atoms with Crippen LogP contribution in [0.4, 0.5) is 0 Å². The van der Waals surface area contributed by atoms with Gasteiger partial charge in [0, 0.05) is 65.4 Å². The second-order valence-electron chi connectivity index (χ2n) is 0. The van der Waals surface area contributed by atoms with Crippen LogP contribution < -0.4 is 0 Å². The fourth-order valence-electron chi connectivity index (χ4n) is 0. The third kappa shape index (κ3) is 35.1. The van der Waals surface area contributed by atoms with Crippen molar-refractivity contribution in [2.45, 2.75) is 14.9 Å². The van der Waals surface area contributed by atoms with E-state index in [4.69, 9.17) is 5.11 Å². The normalized spacial score (nSPS) is 1.00. The van der Waals surface area contributed by atoms with Crippen molar-refractivity contribution < 1.29 is 70.5 Å². The van der Waals surface area contributed by atoms with Crippen molar-refractivity contribution in [3.63, 3.8) is 0 Å². The molecule has 0 heterocycles. The van der Waals surface area contributed by atoms with Crippen LogP contribution in [0.3, 0.4) is 0 Å². The van der Waals surface area contributed by atoms with Crippen LogP contribution in [0.1, 0.15) is 14.9 Å². The first-order valence-corrected chi connectivity index (χ1v) is 0.316. The molecule has 0 spiro atoms. The molecule has 0 saturated heterocycles. The van der Waals surface area contributed by atoms with Gasteiger partial charge < -0.3 is 5.11 Å². The fourth-order valence-corrected chi connectivity index (χ4v) is 0.